The van der Waals surface area contributed by atoms with E-state index in [1.54, 1.807) is 0 Å². The average molecular weight is 367 g/mol. The SMILES string of the molecule is COc1nccnc1OC1CCN(C(=O)c2ccc(C(F)(F)F)cc2)C1. The zero-order valence-electron chi connectivity index (χ0n) is 13.9. The monoisotopic (exact) mass is 367 g/mol. The molecule has 3 rings (SSSR count). The molecule has 0 saturated carbocycles. The molecule has 1 saturated heterocycles. The Hall–Kier alpha value is -2.84. The molecule has 1 unspecified atom stereocenters. The highest BCUT2D eigenvalue weighted by Crippen LogP contribution is 2.29. The molecule has 1 atom stereocenters. The molecule has 26 heavy (non-hydrogen) atoms. The van der Waals surface area contributed by atoms with E-state index in [0.29, 0.717) is 19.5 Å². The van der Waals surface area contributed by atoms with Gasteiger partial charge in [-0.2, -0.15) is 13.2 Å². The van der Waals surface area contributed by atoms with Crippen LogP contribution in [-0.4, -0.2) is 47.1 Å². The Balaban J connectivity index is 1.64. The topological polar surface area (TPSA) is 64.6 Å². The number of halogens is 3. The highest BCUT2D eigenvalue weighted by Gasteiger charge is 2.32. The highest BCUT2D eigenvalue weighted by atomic mass is 19.4. The number of ether oxygens (including phenoxy) is 2. The zero-order valence-corrected chi connectivity index (χ0v) is 13.9. The number of carbonyl (C=O) groups excluding carboxylic acids is 1. The van der Waals surface area contributed by atoms with Gasteiger partial charge in [0.15, 0.2) is 0 Å². The summed E-state index contributed by atoms with van der Waals surface area (Å²) in [5, 5.41) is 0. The first kappa shape index (κ1) is 18.0. The van der Waals surface area contributed by atoms with Crippen LogP contribution in [0.15, 0.2) is 36.7 Å². The van der Waals surface area contributed by atoms with Crippen LogP contribution in [0.4, 0.5) is 13.2 Å². The van der Waals surface area contributed by atoms with Crippen molar-refractivity contribution >= 4 is 5.91 Å². The fraction of sp³-hybridized carbons (Fsp3) is 0.353. The van der Waals surface area contributed by atoms with Crippen LogP contribution in [-0.2, 0) is 6.18 Å². The summed E-state index contributed by atoms with van der Waals surface area (Å²) in [4.78, 5) is 22.0. The lowest BCUT2D eigenvalue weighted by atomic mass is 10.1. The van der Waals surface area contributed by atoms with E-state index in [9.17, 15) is 18.0 Å². The number of benzene rings is 1. The van der Waals surface area contributed by atoms with Crippen LogP contribution >= 0.6 is 0 Å². The Morgan fingerprint density at radius 1 is 1.15 bits per heavy atom. The summed E-state index contributed by atoms with van der Waals surface area (Å²) in [5.74, 6) is 0.153. The molecule has 2 aromatic rings. The van der Waals surface area contributed by atoms with E-state index in [1.807, 2.05) is 0 Å². The molecule has 1 aromatic heterocycles. The Kier molecular flexibility index (Phi) is 4.97. The second-order valence-electron chi connectivity index (χ2n) is 5.73. The molecule has 1 amide bonds. The second kappa shape index (κ2) is 7.19. The van der Waals surface area contributed by atoms with Crippen molar-refractivity contribution < 1.29 is 27.4 Å². The first-order chi connectivity index (χ1) is 12.4. The number of amides is 1. The van der Waals surface area contributed by atoms with E-state index in [0.717, 1.165) is 12.1 Å². The summed E-state index contributed by atoms with van der Waals surface area (Å²) in [7, 11) is 1.45. The van der Waals surface area contributed by atoms with Gasteiger partial charge in [0, 0.05) is 30.9 Å². The number of alkyl halides is 3. The van der Waals surface area contributed by atoms with Crippen molar-refractivity contribution in [1.29, 1.82) is 0 Å². The maximum Gasteiger partial charge on any atom is 0.416 e. The number of nitrogens with zero attached hydrogens (tertiary/aromatic N) is 3. The van der Waals surface area contributed by atoms with Crippen molar-refractivity contribution in [1.82, 2.24) is 14.9 Å². The van der Waals surface area contributed by atoms with E-state index in [2.05, 4.69) is 9.97 Å². The number of rotatable bonds is 4. The highest BCUT2D eigenvalue weighted by molar-refractivity contribution is 5.94. The number of likely N-dealkylation sites (tertiary alicyclic amines) is 1. The third-order valence-electron chi connectivity index (χ3n) is 4.00. The van der Waals surface area contributed by atoms with Crippen molar-refractivity contribution in [3.63, 3.8) is 0 Å². The van der Waals surface area contributed by atoms with E-state index >= 15 is 0 Å². The van der Waals surface area contributed by atoms with Crippen molar-refractivity contribution in [3.05, 3.63) is 47.8 Å². The minimum atomic E-state index is -4.43. The Bertz CT molecular complexity index is 781. The predicted molar refractivity (Wildman–Crippen MR) is 85.0 cm³/mol. The van der Waals surface area contributed by atoms with Gasteiger partial charge in [0.2, 0.25) is 0 Å². The van der Waals surface area contributed by atoms with Crippen LogP contribution in [0, 0.1) is 0 Å². The van der Waals surface area contributed by atoms with Crippen LogP contribution in [0.5, 0.6) is 11.8 Å². The minimum Gasteiger partial charge on any atom is -0.477 e. The molecule has 1 aliphatic heterocycles. The third kappa shape index (κ3) is 3.87. The van der Waals surface area contributed by atoms with E-state index in [4.69, 9.17) is 9.47 Å². The molecule has 6 nitrogen and oxygen atoms in total. The molecule has 0 bridgehead atoms. The summed E-state index contributed by atoms with van der Waals surface area (Å²) in [6.45, 7) is 0.743. The molecule has 138 valence electrons. The molecule has 0 radical (unpaired) electrons. The molecule has 2 heterocycles. The summed E-state index contributed by atoms with van der Waals surface area (Å²) in [5.41, 5.74) is -0.581. The lowest BCUT2D eigenvalue weighted by Gasteiger charge is -2.17. The Labute approximate surface area is 147 Å². The Morgan fingerprint density at radius 2 is 1.81 bits per heavy atom. The van der Waals surface area contributed by atoms with E-state index < -0.39 is 11.7 Å². The lowest BCUT2D eigenvalue weighted by molar-refractivity contribution is -0.137. The van der Waals surface area contributed by atoms with Crippen molar-refractivity contribution in [2.45, 2.75) is 18.7 Å². The van der Waals surface area contributed by atoms with Gasteiger partial charge in [-0.1, -0.05) is 0 Å². The van der Waals surface area contributed by atoms with Crippen molar-refractivity contribution in [3.8, 4) is 11.8 Å². The molecule has 1 fully saturated rings. The molecule has 0 spiro atoms. The first-order valence-corrected chi connectivity index (χ1v) is 7.86. The quantitative estimate of drug-likeness (QED) is 0.832. The van der Waals surface area contributed by atoms with Gasteiger partial charge in [0.1, 0.15) is 6.10 Å². The molecule has 1 aliphatic rings. The van der Waals surface area contributed by atoms with Gasteiger partial charge in [-0.25, -0.2) is 9.97 Å². The van der Waals surface area contributed by atoms with Crippen LogP contribution in [0.2, 0.25) is 0 Å². The van der Waals surface area contributed by atoms with Gasteiger partial charge >= 0.3 is 6.18 Å². The number of aromatic nitrogens is 2. The normalized spacial score (nSPS) is 17.2. The number of methoxy groups -OCH3 is 1. The second-order valence-corrected chi connectivity index (χ2v) is 5.73. The standard InChI is InChI=1S/C17H16F3N3O3/c1-25-14-15(22-8-7-21-14)26-13-6-9-23(10-13)16(24)11-2-4-12(5-3-11)17(18,19)20/h2-5,7-8,13H,6,9-10H2,1H3. The van der Waals surface area contributed by atoms with Crippen molar-refractivity contribution in [2.24, 2.45) is 0 Å². The maximum atomic E-state index is 12.6. The predicted octanol–water partition coefficient (Wildman–Crippen LogP) is 2.80. The maximum absolute atomic E-state index is 12.6. The molecule has 0 aliphatic carbocycles. The Morgan fingerprint density at radius 3 is 2.42 bits per heavy atom. The summed E-state index contributed by atoms with van der Waals surface area (Å²) >= 11 is 0. The summed E-state index contributed by atoms with van der Waals surface area (Å²) in [6.07, 6.45) is -1.20. The molecule has 0 N–H and O–H groups in total. The fourth-order valence-corrected chi connectivity index (χ4v) is 2.68. The third-order valence-corrected chi connectivity index (χ3v) is 4.00. The lowest BCUT2D eigenvalue weighted by Crippen LogP contribution is -2.31. The average Bonchev–Trinajstić information content (AvgIpc) is 3.09. The zero-order chi connectivity index (χ0) is 18.7. The number of carbonyl (C=O) groups is 1. The van der Waals surface area contributed by atoms with Gasteiger partial charge in [-0.3, -0.25) is 4.79 Å². The van der Waals surface area contributed by atoms with E-state index in [-0.39, 0.29) is 29.3 Å². The summed E-state index contributed by atoms with van der Waals surface area (Å²) < 4.78 is 48.6. The molecule has 1 aromatic carbocycles. The van der Waals surface area contributed by atoms with Gasteiger partial charge < -0.3 is 14.4 Å². The number of hydrogen-bond acceptors (Lipinski definition) is 5. The number of hydrogen-bond donors (Lipinski definition) is 0. The fourth-order valence-electron chi connectivity index (χ4n) is 2.68. The van der Waals surface area contributed by atoms with Gasteiger partial charge in [0.05, 0.1) is 19.2 Å². The van der Waals surface area contributed by atoms with Crippen LogP contribution < -0.4 is 9.47 Å². The van der Waals surface area contributed by atoms with Crippen LogP contribution in [0.1, 0.15) is 22.3 Å². The smallest absolute Gasteiger partial charge is 0.416 e. The summed E-state index contributed by atoms with van der Waals surface area (Å²) in [6, 6.07) is 4.18. The first-order valence-electron chi connectivity index (χ1n) is 7.86. The van der Waals surface area contributed by atoms with Gasteiger partial charge in [-0.05, 0) is 24.3 Å². The molecule has 9 heteroatoms. The minimum absolute atomic E-state index is 0.204. The van der Waals surface area contributed by atoms with Gasteiger partial charge in [0.25, 0.3) is 17.7 Å². The van der Waals surface area contributed by atoms with Crippen LogP contribution in [0.25, 0.3) is 0 Å². The van der Waals surface area contributed by atoms with Gasteiger partial charge in [-0.15, -0.1) is 0 Å². The largest absolute Gasteiger partial charge is 0.477 e. The van der Waals surface area contributed by atoms with Crippen molar-refractivity contribution in [2.75, 3.05) is 20.2 Å². The molecular formula is C17H16F3N3O3. The molecular weight excluding hydrogens is 351 g/mol. The van der Waals surface area contributed by atoms with Crippen LogP contribution in [0.3, 0.4) is 0 Å². The van der Waals surface area contributed by atoms with E-state index in [1.165, 1.54) is 36.5 Å².